The van der Waals surface area contributed by atoms with E-state index in [2.05, 4.69) is 22.4 Å². The van der Waals surface area contributed by atoms with E-state index < -0.39 is 0 Å². The number of rotatable bonds is 4. The van der Waals surface area contributed by atoms with Crippen LogP contribution >= 0.6 is 0 Å². The van der Waals surface area contributed by atoms with E-state index in [1.54, 1.807) is 0 Å². The van der Waals surface area contributed by atoms with Crippen LogP contribution in [0, 0.1) is 0 Å². The third-order valence-electron chi connectivity index (χ3n) is 2.93. The first-order chi connectivity index (χ1) is 9.35. The quantitative estimate of drug-likeness (QED) is 0.750. The summed E-state index contributed by atoms with van der Waals surface area (Å²) in [5.41, 5.74) is 9.34. The zero-order chi connectivity index (χ0) is 13.1. The zero-order valence-corrected chi connectivity index (χ0v) is 10.5. The van der Waals surface area contributed by atoms with Crippen LogP contribution in [0.3, 0.4) is 0 Å². The number of hydrogen-bond acceptors (Lipinski definition) is 4. The van der Waals surface area contributed by atoms with Gasteiger partial charge in [0.1, 0.15) is 5.52 Å². The number of nitrogens with one attached hydrogen (secondary N) is 1. The van der Waals surface area contributed by atoms with E-state index in [1.165, 1.54) is 5.56 Å². The molecule has 0 radical (unpaired) electrons. The summed E-state index contributed by atoms with van der Waals surface area (Å²) in [6, 6.07) is 16.3. The molecular formula is C15H15N3O. The maximum atomic E-state index is 5.61. The lowest BCUT2D eigenvalue weighted by molar-refractivity contribution is 0.623. The highest BCUT2D eigenvalue weighted by Gasteiger charge is 2.04. The Morgan fingerprint density at radius 1 is 1.05 bits per heavy atom. The summed E-state index contributed by atoms with van der Waals surface area (Å²) in [5.74, 6) is 0. The Labute approximate surface area is 111 Å². The minimum Gasteiger partial charge on any atom is -0.423 e. The van der Waals surface area contributed by atoms with Gasteiger partial charge in [0.25, 0.3) is 6.01 Å². The maximum absolute atomic E-state index is 5.61. The molecule has 2 aromatic carbocycles. The van der Waals surface area contributed by atoms with Crippen LogP contribution in [-0.4, -0.2) is 11.5 Å². The number of oxazole rings is 1. The largest absolute Gasteiger partial charge is 0.423 e. The predicted octanol–water partition coefficient (Wildman–Crippen LogP) is 3.07. The number of para-hydroxylation sites is 2. The number of hydrogen-bond donors (Lipinski definition) is 2. The molecule has 0 saturated carbocycles. The van der Waals surface area contributed by atoms with Crippen LogP contribution in [0.15, 0.2) is 52.9 Å². The lowest BCUT2D eigenvalue weighted by atomic mass is 10.1. The fourth-order valence-electron chi connectivity index (χ4n) is 1.97. The van der Waals surface area contributed by atoms with E-state index in [9.17, 15) is 0 Å². The number of anilines is 2. The molecule has 0 saturated heterocycles. The van der Waals surface area contributed by atoms with E-state index in [0.29, 0.717) is 12.6 Å². The molecule has 1 aromatic heterocycles. The van der Waals surface area contributed by atoms with Crippen molar-refractivity contribution in [3.8, 4) is 0 Å². The molecular weight excluding hydrogens is 238 g/mol. The molecule has 0 aliphatic heterocycles. The molecule has 3 aromatic rings. The fraction of sp³-hybridized carbons (Fsp3) is 0.133. The normalized spacial score (nSPS) is 10.8. The molecule has 4 heteroatoms. The van der Waals surface area contributed by atoms with Gasteiger partial charge in [-0.05, 0) is 42.8 Å². The van der Waals surface area contributed by atoms with Crippen molar-refractivity contribution in [3.63, 3.8) is 0 Å². The topological polar surface area (TPSA) is 64.1 Å². The molecule has 0 bridgehead atoms. The van der Waals surface area contributed by atoms with Crippen molar-refractivity contribution in [1.82, 2.24) is 4.98 Å². The van der Waals surface area contributed by atoms with Gasteiger partial charge in [0.15, 0.2) is 5.58 Å². The highest BCUT2D eigenvalue weighted by Crippen LogP contribution is 2.21. The summed E-state index contributed by atoms with van der Waals surface area (Å²) in [5, 5.41) is 3.15. The van der Waals surface area contributed by atoms with Crippen LogP contribution in [-0.2, 0) is 6.42 Å². The number of nitrogens with zero attached hydrogens (tertiary/aromatic N) is 1. The van der Waals surface area contributed by atoms with Gasteiger partial charge in [-0.3, -0.25) is 0 Å². The Balaban J connectivity index is 1.80. The van der Waals surface area contributed by atoms with Gasteiger partial charge in [0.05, 0.1) is 0 Å². The predicted molar refractivity (Wildman–Crippen MR) is 76.5 cm³/mol. The van der Waals surface area contributed by atoms with E-state index in [4.69, 9.17) is 10.2 Å². The average Bonchev–Trinajstić information content (AvgIpc) is 2.83. The Morgan fingerprint density at radius 3 is 2.58 bits per heavy atom. The Hall–Kier alpha value is -2.33. The summed E-state index contributed by atoms with van der Waals surface area (Å²) in [6.45, 7) is 0.665. The maximum Gasteiger partial charge on any atom is 0.300 e. The second-order valence-electron chi connectivity index (χ2n) is 4.35. The SMILES string of the molecule is NCCc1ccc(Nc2nc3ccccc3o2)cc1. The van der Waals surface area contributed by atoms with Gasteiger partial charge in [0.2, 0.25) is 0 Å². The number of fused-ring (bicyclic) bond motifs is 1. The fourth-order valence-corrected chi connectivity index (χ4v) is 1.97. The third kappa shape index (κ3) is 2.58. The van der Waals surface area contributed by atoms with Crippen molar-refractivity contribution in [2.75, 3.05) is 11.9 Å². The van der Waals surface area contributed by atoms with E-state index >= 15 is 0 Å². The minimum absolute atomic E-state index is 0.507. The van der Waals surface area contributed by atoms with Gasteiger partial charge < -0.3 is 15.5 Å². The monoisotopic (exact) mass is 253 g/mol. The van der Waals surface area contributed by atoms with Gasteiger partial charge in [-0.25, -0.2) is 0 Å². The average molecular weight is 253 g/mol. The summed E-state index contributed by atoms with van der Waals surface area (Å²) in [6.07, 6.45) is 0.892. The van der Waals surface area contributed by atoms with Crippen LogP contribution in [0.4, 0.5) is 11.7 Å². The second kappa shape index (κ2) is 5.12. The van der Waals surface area contributed by atoms with Crippen LogP contribution in [0.5, 0.6) is 0 Å². The van der Waals surface area contributed by atoms with Gasteiger partial charge in [0, 0.05) is 5.69 Å². The molecule has 0 aliphatic carbocycles. The molecule has 0 spiro atoms. The van der Waals surface area contributed by atoms with Crippen molar-refractivity contribution in [1.29, 1.82) is 0 Å². The first kappa shape index (κ1) is 11.7. The lowest BCUT2D eigenvalue weighted by Crippen LogP contribution is -2.02. The molecule has 0 fully saturated rings. The molecule has 96 valence electrons. The summed E-state index contributed by atoms with van der Waals surface area (Å²) in [7, 11) is 0. The number of aromatic nitrogens is 1. The summed E-state index contributed by atoms with van der Waals surface area (Å²) < 4.78 is 5.61. The van der Waals surface area contributed by atoms with E-state index in [0.717, 1.165) is 23.2 Å². The molecule has 19 heavy (non-hydrogen) atoms. The standard InChI is InChI=1S/C15H15N3O/c16-10-9-11-5-7-12(8-6-11)17-15-18-13-3-1-2-4-14(13)19-15/h1-8H,9-10,16H2,(H,17,18). The molecule has 3 rings (SSSR count). The van der Waals surface area contributed by atoms with E-state index in [1.807, 2.05) is 36.4 Å². The molecule has 4 nitrogen and oxygen atoms in total. The molecule has 0 atom stereocenters. The Bertz CT molecular complexity index is 640. The highest BCUT2D eigenvalue weighted by molar-refractivity contribution is 5.75. The second-order valence-corrected chi connectivity index (χ2v) is 4.35. The van der Waals surface area contributed by atoms with E-state index in [-0.39, 0.29) is 0 Å². The van der Waals surface area contributed by atoms with Crippen LogP contribution < -0.4 is 11.1 Å². The number of nitrogens with two attached hydrogens (primary N) is 1. The number of benzene rings is 2. The van der Waals surface area contributed by atoms with Gasteiger partial charge in [-0.2, -0.15) is 4.98 Å². The van der Waals surface area contributed by atoms with Gasteiger partial charge in [-0.1, -0.05) is 24.3 Å². The van der Waals surface area contributed by atoms with Crippen LogP contribution in [0.2, 0.25) is 0 Å². The minimum atomic E-state index is 0.507. The first-order valence-electron chi connectivity index (χ1n) is 6.27. The summed E-state index contributed by atoms with van der Waals surface area (Å²) in [4.78, 5) is 4.37. The smallest absolute Gasteiger partial charge is 0.300 e. The Kier molecular flexibility index (Phi) is 3.16. The lowest BCUT2D eigenvalue weighted by Gasteiger charge is -2.03. The summed E-state index contributed by atoms with van der Waals surface area (Å²) >= 11 is 0. The molecule has 0 aliphatic rings. The van der Waals surface area contributed by atoms with Crippen molar-refractivity contribution in [3.05, 3.63) is 54.1 Å². The molecule has 0 amide bonds. The first-order valence-corrected chi connectivity index (χ1v) is 6.27. The van der Waals surface area contributed by atoms with Crippen molar-refractivity contribution in [2.24, 2.45) is 5.73 Å². The zero-order valence-electron chi connectivity index (χ0n) is 10.5. The van der Waals surface area contributed by atoms with Crippen molar-refractivity contribution < 1.29 is 4.42 Å². The van der Waals surface area contributed by atoms with Crippen molar-refractivity contribution in [2.45, 2.75) is 6.42 Å². The van der Waals surface area contributed by atoms with Crippen LogP contribution in [0.1, 0.15) is 5.56 Å². The third-order valence-corrected chi connectivity index (χ3v) is 2.93. The van der Waals surface area contributed by atoms with Gasteiger partial charge in [-0.15, -0.1) is 0 Å². The van der Waals surface area contributed by atoms with Crippen LogP contribution in [0.25, 0.3) is 11.1 Å². The van der Waals surface area contributed by atoms with Crippen molar-refractivity contribution >= 4 is 22.8 Å². The Morgan fingerprint density at radius 2 is 1.84 bits per heavy atom. The molecule has 1 heterocycles. The highest BCUT2D eigenvalue weighted by atomic mass is 16.4. The molecule has 0 unspecified atom stereocenters. The molecule has 3 N–H and O–H groups in total. The van der Waals surface area contributed by atoms with Gasteiger partial charge >= 0.3 is 0 Å².